The maximum Gasteiger partial charge on any atom is 0.329 e. The van der Waals surface area contributed by atoms with E-state index in [9.17, 15) is 14.4 Å². The summed E-state index contributed by atoms with van der Waals surface area (Å²) >= 11 is 13.4. The quantitative estimate of drug-likeness (QED) is 0.623. The van der Waals surface area contributed by atoms with Gasteiger partial charge < -0.3 is 15.1 Å². The Hall–Kier alpha value is -3.20. The Morgan fingerprint density at radius 2 is 2.09 bits per heavy atom. The minimum atomic E-state index is -0.899. The number of anilines is 1. The zero-order chi connectivity index (χ0) is 23.9. The van der Waals surface area contributed by atoms with E-state index in [4.69, 9.17) is 28.5 Å². The molecule has 33 heavy (non-hydrogen) atoms. The first-order valence-corrected chi connectivity index (χ1v) is 11.3. The molecule has 3 atom stereocenters. The minimum absolute atomic E-state index is 0.346. The number of carbonyl (C=O) groups excluding carboxylic acids is 3. The molecule has 1 aromatic carbocycles. The Morgan fingerprint density at radius 3 is 2.79 bits per heavy atom. The first-order valence-electron chi connectivity index (χ1n) is 9.70. The van der Waals surface area contributed by atoms with Crippen molar-refractivity contribution in [3.05, 3.63) is 33.6 Å². The van der Waals surface area contributed by atoms with Crippen LogP contribution >= 0.6 is 34.5 Å². The highest BCUT2D eigenvalue weighted by atomic mass is 35.5. The summed E-state index contributed by atoms with van der Waals surface area (Å²) in [6.45, 7) is 1.24. The van der Waals surface area contributed by atoms with Crippen molar-refractivity contribution < 1.29 is 14.4 Å². The van der Waals surface area contributed by atoms with Gasteiger partial charge in [-0.2, -0.15) is 5.26 Å². The lowest BCUT2D eigenvalue weighted by Crippen LogP contribution is -2.66. The van der Waals surface area contributed by atoms with Crippen LogP contribution in [0.1, 0.15) is 6.92 Å². The molecule has 2 aromatic rings. The Balaban J connectivity index is 1.49. The number of hydrogen-bond donors (Lipinski definition) is 1. The molecule has 4 rings (SSSR count). The van der Waals surface area contributed by atoms with E-state index in [0.29, 0.717) is 20.9 Å². The van der Waals surface area contributed by atoms with E-state index in [1.54, 1.807) is 30.5 Å². The molecule has 0 bridgehead atoms. The third-order valence-electron chi connectivity index (χ3n) is 5.38. The molecule has 2 aliphatic rings. The van der Waals surface area contributed by atoms with Crippen LogP contribution in [0, 0.1) is 11.3 Å². The van der Waals surface area contributed by atoms with Crippen LogP contribution in [-0.2, 0) is 9.59 Å². The van der Waals surface area contributed by atoms with Crippen molar-refractivity contribution in [3.8, 4) is 16.6 Å². The number of carbonyl (C=O) groups is 3. The van der Waals surface area contributed by atoms with E-state index in [-0.39, 0.29) is 6.54 Å². The van der Waals surface area contributed by atoms with Crippen LogP contribution in [0.5, 0.6) is 0 Å². The maximum atomic E-state index is 12.9. The molecule has 0 saturated carbocycles. The number of urea groups is 1. The second-order valence-corrected chi connectivity index (χ2v) is 9.05. The monoisotopic (exact) mass is 505 g/mol. The third kappa shape index (κ3) is 4.13. The molecular weight excluding hydrogens is 489 g/mol. The Morgan fingerprint density at radius 1 is 1.33 bits per heavy atom. The summed E-state index contributed by atoms with van der Waals surface area (Å²) in [4.78, 5) is 50.5. The van der Waals surface area contributed by atoms with Gasteiger partial charge in [0.25, 0.3) is 5.91 Å². The van der Waals surface area contributed by atoms with Crippen molar-refractivity contribution in [1.82, 2.24) is 19.7 Å². The molecule has 1 aromatic heterocycles. The average Bonchev–Trinajstić information content (AvgIpc) is 3.44. The number of benzene rings is 1. The zero-order valence-corrected chi connectivity index (χ0v) is 19.7. The first kappa shape index (κ1) is 23.0. The fraction of sp³-hybridized carbons (Fsp3) is 0.300. The number of hydrogen-bond acceptors (Lipinski definition) is 8. The molecule has 0 spiro atoms. The summed E-state index contributed by atoms with van der Waals surface area (Å²) in [5.74, 6) is -0.636. The van der Waals surface area contributed by atoms with E-state index in [2.05, 4.69) is 15.3 Å². The number of rotatable bonds is 5. The average molecular weight is 506 g/mol. The SMILES string of the molecule is C[C@@H](C(=O)Nc1csc(-c2ccc(Cl)c(Cl)c2)n1)N1C=NC2C1C(=O)N(CC#N)C(=O)N2C. The van der Waals surface area contributed by atoms with Gasteiger partial charge in [0.15, 0.2) is 12.2 Å². The number of aliphatic imine (C=N–C) groups is 1. The summed E-state index contributed by atoms with van der Waals surface area (Å²) in [5.41, 5.74) is 0.760. The molecule has 2 unspecified atom stereocenters. The molecule has 1 N–H and O–H groups in total. The van der Waals surface area contributed by atoms with E-state index in [0.717, 1.165) is 10.5 Å². The highest BCUT2D eigenvalue weighted by Gasteiger charge is 2.51. The maximum absolute atomic E-state index is 12.9. The van der Waals surface area contributed by atoms with E-state index >= 15 is 0 Å². The summed E-state index contributed by atoms with van der Waals surface area (Å²) in [6.07, 6.45) is 0.620. The molecule has 10 nitrogen and oxygen atoms in total. The van der Waals surface area contributed by atoms with Crippen LogP contribution in [0.25, 0.3) is 10.6 Å². The third-order valence-corrected chi connectivity index (χ3v) is 7.01. The minimum Gasteiger partial charge on any atom is -0.335 e. The van der Waals surface area contributed by atoms with Gasteiger partial charge >= 0.3 is 6.03 Å². The van der Waals surface area contributed by atoms with Crippen molar-refractivity contribution in [2.45, 2.75) is 25.2 Å². The van der Waals surface area contributed by atoms with E-state index < -0.39 is 36.1 Å². The van der Waals surface area contributed by atoms with E-state index in [1.807, 2.05) is 6.07 Å². The van der Waals surface area contributed by atoms with Gasteiger partial charge in [-0.25, -0.2) is 19.7 Å². The molecule has 0 radical (unpaired) electrons. The topological polar surface area (TPSA) is 122 Å². The number of imide groups is 1. The standard InChI is InChI=1S/C20H17Cl2N7O3S/c1-10(29-9-24-16-15(29)19(31)28(6-5-23)20(32)27(16)2)17(30)25-14-8-33-18(26-14)11-3-4-12(21)13(22)7-11/h3-4,7-10,15-16H,6H2,1-2H3,(H,25,30)/t10-,15?,16?/m0/s1. The van der Waals surface area contributed by atoms with Gasteiger partial charge in [0, 0.05) is 18.0 Å². The van der Waals surface area contributed by atoms with Gasteiger partial charge in [-0.05, 0) is 19.1 Å². The highest BCUT2D eigenvalue weighted by molar-refractivity contribution is 7.13. The van der Waals surface area contributed by atoms with Crippen molar-refractivity contribution in [1.29, 1.82) is 5.26 Å². The first-order chi connectivity index (χ1) is 15.7. The summed E-state index contributed by atoms with van der Waals surface area (Å²) in [5, 5.41) is 14.9. The molecule has 4 amide bonds. The van der Waals surface area contributed by atoms with Crippen molar-refractivity contribution >= 4 is 64.5 Å². The fourth-order valence-electron chi connectivity index (χ4n) is 3.59. The predicted molar refractivity (Wildman–Crippen MR) is 124 cm³/mol. The Bertz CT molecular complexity index is 1210. The molecule has 13 heteroatoms. The predicted octanol–water partition coefficient (Wildman–Crippen LogP) is 2.90. The number of amides is 4. The lowest BCUT2D eigenvalue weighted by Gasteiger charge is -2.41. The van der Waals surface area contributed by atoms with Gasteiger partial charge in [0.2, 0.25) is 5.91 Å². The number of halogens is 2. The molecule has 1 fully saturated rings. The number of fused-ring (bicyclic) bond motifs is 1. The number of aromatic nitrogens is 1. The van der Waals surface area contributed by atoms with Crippen LogP contribution < -0.4 is 5.32 Å². The van der Waals surface area contributed by atoms with Gasteiger partial charge in [0.1, 0.15) is 23.4 Å². The van der Waals surface area contributed by atoms with Crippen LogP contribution in [0.3, 0.4) is 0 Å². The summed E-state index contributed by atoms with van der Waals surface area (Å²) < 4.78 is 0. The molecule has 2 aliphatic heterocycles. The largest absolute Gasteiger partial charge is 0.335 e. The fourth-order valence-corrected chi connectivity index (χ4v) is 4.64. The Labute approximate surface area is 203 Å². The van der Waals surface area contributed by atoms with Crippen LogP contribution in [0.4, 0.5) is 10.6 Å². The van der Waals surface area contributed by atoms with Crippen molar-refractivity contribution in [2.24, 2.45) is 4.99 Å². The number of likely N-dealkylation sites (N-methyl/N-ethyl adjacent to an activating group) is 1. The Kier molecular flexibility index (Phi) is 6.25. The molecule has 1 saturated heterocycles. The number of nitriles is 1. The highest BCUT2D eigenvalue weighted by Crippen LogP contribution is 2.32. The number of thiazole rings is 1. The van der Waals surface area contributed by atoms with Crippen LogP contribution in [-0.4, -0.2) is 75.7 Å². The van der Waals surface area contributed by atoms with Crippen molar-refractivity contribution in [2.75, 3.05) is 18.9 Å². The molecular formula is C20H17Cl2N7O3S. The van der Waals surface area contributed by atoms with Gasteiger partial charge in [-0.1, -0.05) is 29.3 Å². The van der Waals surface area contributed by atoms with Crippen LogP contribution in [0.2, 0.25) is 10.0 Å². The lowest BCUT2D eigenvalue weighted by atomic mass is 10.1. The zero-order valence-electron chi connectivity index (χ0n) is 17.4. The lowest BCUT2D eigenvalue weighted by molar-refractivity contribution is -0.138. The molecule has 0 aliphatic carbocycles. The van der Waals surface area contributed by atoms with Gasteiger partial charge in [0.05, 0.1) is 22.5 Å². The smallest absolute Gasteiger partial charge is 0.329 e. The summed E-state index contributed by atoms with van der Waals surface area (Å²) in [6, 6.07) is 4.66. The second kappa shape index (κ2) is 8.97. The van der Waals surface area contributed by atoms with Gasteiger partial charge in [-0.15, -0.1) is 11.3 Å². The van der Waals surface area contributed by atoms with Gasteiger partial charge in [-0.3, -0.25) is 9.59 Å². The number of nitrogens with zero attached hydrogens (tertiary/aromatic N) is 6. The van der Waals surface area contributed by atoms with E-state index in [1.165, 1.54) is 34.5 Å². The van der Waals surface area contributed by atoms with Crippen LogP contribution in [0.15, 0.2) is 28.6 Å². The normalized spacial score (nSPS) is 20.6. The van der Waals surface area contributed by atoms with Crippen molar-refractivity contribution in [3.63, 3.8) is 0 Å². The summed E-state index contributed by atoms with van der Waals surface area (Å²) in [7, 11) is 1.50. The molecule has 170 valence electrons. The second-order valence-electron chi connectivity index (χ2n) is 7.38. The molecule has 3 heterocycles. The number of nitrogens with one attached hydrogen (secondary N) is 1.